The van der Waals surface area contributed by atoms with Gasteiger partial charge < -0.3 is 9.80 Å². The quantitative estimate of drug-likeness (QED) is 0.281. The number of amides is 1. The van der Waals surface area contributed by atoms with Crippen LogP contribution in [0.1, 0.15) is 23.6 Å². The molecule has 1 atom stereocenters. The highest BCUT2D eigenvalue weighted by atomic mass is 35.5. The van der Waals surface area contributed by atoms with Gasteiger partial charge in [0, 0.05) is 42.0 Å². The summed E-state index contributed by atoms with van der Waals surface area (Å²) in [4.78, 5) is 16.6. The number of rotatable bonds is 4. The predicted molar refractivity (Wildman–Crippen MR) is 145 cm³/mol. The lowest BCUT2D eigenvalue weighted by Crippen LogP contribution is -2.54. The fraction of sp³-hybridized carbons (Fsp3) is 0.241. The van der Waals surface area contributed by atoms with Crippen molar-refractivity contribution in [1.82, 2.24) is 15.1 Å². The number of fused-ring (bicyclic) bond motifs is 1. The number of benzene rings is 3. The van der Waals surface area contributed by atoms with Crippen LogP contribution in [0.5, 0.6) is 0 Å². The standard InChI is InChI=1S/C29H23F4N5O.ClH/c1-18-17-37(12-13-38(18)26(39)14-21-10-11-22(30)15-25(21)29(31,32)33)28-24-5-3-2-4-23(24)27(35-36-28)20-8-6-19(16-34)7-9-20;/h2-11,15,18H,12-14,17H2,1H3;1H/t18-;/m0./s1. The number of hydrogen-bond acceptors (Lipinski definition) is 5. The van der Waals surface area contributed by atoms with E-state index in [1.165, 1.54) is 0 Å². The molecule has 4 aromatic rings. The second-order valence-corrected chi connectivity index (χ2v) is 9.47. The van der Waals surface area contributed by atoms with Gasteiger partial charge in [-0.05, 0) is 36.8 Å². The van der Waals surface area contributed by atoms with Gasteiger partial charge in [0.05, 0.1) is 23.6 Å². The molecule has 5 rings (SSSR count). The zero-order valence-corrected chi connectivity index (χ0v) is 22.1. The molecule has 1 amide bonds. The minimum absolute atomic E-state index is 0. The van der Waals surface area contributed by atoms with Crippen molar-refractivity contribution in [2.45, 2.75) is 25.6 Å². The van der Waals surface area contributed by atoms with Crippen LogP contribution in [-0.2, 0) is 17.4 Å². The summed E-state index contributed by atoms with van der Waals surface area (Å²) in [5.74, 6) is -0.801. The molecule has 11 heteroatoms. The molecule has 2 heterocycles. The van der Waals surface area contributed by atoms with Crippen molar-refractivity contribution in [3.8, 4) is 17.3 Å². The molecular weight excluding hydrogens is 546 g/mol. The molecule has 0 unspecified atom stereocenters. The Labute approximate surface area is 234 Å². The summed E-state index contributed by atoms with van der Waals surface area (Å²) in [6, 6.07) is 19.0. The van der Waals surface area contributed by atoms with E-state index < -0.39 is 29.9 Å². The van der Waals surface area contributed by atoms with Crippen LogP contribution in [0.4, 0.5) is 23.4 Å². The molecule has 0 radical (unpaired) electrons. The Balaban J connectivity index is 0.00000370. The van der Waals surface area contributed by atoms with Crippen molar-refractivity contribution in [1.29, 1.82) is 5.26 Å². The predicted octanol–water partition coefficient (Wildman–Crippen LogP) is 6.03. The highest BCUT2D eigenvalue weighted by molar-refractivity contribution is 6.00. The molecule has 0 saturated carbocycles. The fourth-order valence-corrected chi connectivity index (χ4v) is 4.99. The summed E-state index contributed by atoms with van der Waals surface area (Å²) in [6.45, 7) is 2.95. The minimum Gasteiger partial charge on any atom is -0.351 e. The Morgan fingerprint density at radius 2 is 1.73 bits per heavy atom. The molecule has 206 valence electrons. The van der Waals surface area contributed by atoms with Crippen molar-refractivity contribution in [3.05, 3.63) is 89.2 Å². The first kappa shape index (κ1) is 28.8. The van der Waals surface area contributed by atoms with Crippen LogP contribution in [0.2, 0.25) is 0 Å². The second kappa shape index (κ2) is 11.5. The zero-order valence-electron chi connectivity index (χ0n) is 21.3. The number of halogens is 5. The van der Waals surface area contributed by atoms with E-state index in [1.807, 2.05) is 48.2 Å². The molecule has 6 nitrogen and oxygen atoms in total. The maximum Gasteiger partial charge on any atom is 0.416 e. The average Bonchev–Trinajstić information content (AvgIpc) is 2.93. The van der Waals surface area contributed by atoms with E-state index in [0.717, 1.165) is 28.5 Å². The van der Waals surface area contributed by atoms with Gasteiger partial charge in [-0.1, -0.05) is 42.5 Å². The van der Waals surface area contributed by atoms with Gasteiger partial charge in [-0.15, -0.1) is 22.6 Å². The van der Waals surface area contributed by atoms with Gasteiger partial charge >= 0.3 is 6.18 Å². The first-order chi connectivity index (χ1) is 18.7. The summed E-state index contributed by atoms with van der Waals surface area (Å²) in [6.07, 6.45) is -5.23. The van der Waals surface area contributed by atoms with Crippen LogP contribution in [-0.4, -0.2) is 46.7 Å². The van der Waals surface area contributed by atoms with Gasteiger partial charge in [-0.2, -0.15) is 18.4 Å². The first-order valence-corrected chi connectivity index (χ1v) is 12.3. The van der Waals surface area contributed by atoms with Crippen molar-refractivity contribution >= 4 is 34.9 Å². The average molecular weight is 570 g/mol. The molecule has 1 aliphatic rings. The van der Waals surface area contributed by atoms with E-state index in [2.05, 4.69) is 16.3 Å². The molecule has 0 aliphatic carbocycles. The summed E-state index contributed by atoms with van der Waals surface area (Å²) >= 11 is 0. The van der Waals surface area contributed by atoms with Crippen molar-refractivity contribution in [2.75, 3.05) is 24.5 Å². The Hall–Kier alpha value is -4.23. The maximum atomic E-state index is 13.5. The van der Waals surface area contributed by atoms with Gasteiger partial charge in [-0.3, -0.25) is 4.79 Å². The van der Waals surface area contributed by atoms with Crippen LogP contribution in [0, 0.1) is 17.1 Å². The summed E-state index contributed by atoms with van der Waals surface area (Å²) in [5.41, 5.74) is 0.667. The number of aromatic nitrogens is 2. The Bertz CT molecular complexity index is 1590. The normalized spacial score (nSPS) is 15.4. The fourth-order valence-electron chi connectivity index (χ4n) is 4.99. The Morgan fingerprint density at radius 1 is 1.02 bits per heavy atom. The van der Waals surface area contributed by atoms with Gasteiger partial charge in [0.25, 0.3) is 0 Å². The molecule has 1 aliphatic heterocycles. The van der Waals surface area contributed by atoms with Gasteiger partial charge in [0.15, 0.2) is 5.82 Å². The smallest absolute Gasteiger partial charge is 0.351 e. The van der Waals surface area contributed by atoms with E-state index in [4.69, 9.17) is 5.26 Å². The lowest BCUT2D eigenvalue weighted by molar-refractivity contribution is -0.139. The maximum absolute atomic E-state index is 13.5. The number of nitrogens with zero attached hydrogens (tertiary/aromatic N) is 5. The molecule has 1 aromatic heterocycles. The molecule has 40 heavy (non-hydrogen) atoms. The number of alkyl halides is 3. The summed E-state index contributed by atoms with van der Waals surface area (Å²) < 4.78 is 53.7. The monoisotopic (exact) mass is 569 g/mol. The van der Waals surface area contributed by atoms with Crippen molar-refractivity contribution < 1.29 is 22.4 Å². The van der Waals surface area contributed by atoms with Gasteiger partial charge in [0.1, 0.15) is 11.5 Å². The number of piperazine rings is 1. The van der Waals surface area contributed by atoms with Crippen LogP contribution in [0.15, 0.2) is 66.7 Å². The van der Waals surface area contributed by atoms with Crippen molar-refractivity contribution in [2.24, 2.45) is 0 Å². The number of nitriles is 1. The number of anilines is 1. The third-order valence-electron chi connectivity index (χ3n) is 6.92. The third-order valence-corrected chi connectivity index (χ3v) is 6.92. The number of hydrogen-bond donors (Lipinski definition) is 0. The molecule has 3 aromatic carbocycles. The lowest BCUT2D eigenvalue weighted by atomic mass is 10.0. The first-order valence-electron chi connectivity index (χ1n) is 12.3. The Morgan fingerprint density at radius 3 is 2.38 bits per heavy atom. The summed E-state index contributed by atoms with van der Waals surface area (Å²) in [7, 11) is 0. The SMILES string of the molecule is C[C@H]1CN(c2nnc(-c3ccc(C#N)cc3)c3ccccc23)CCN1C(=O)Cc1ccc(F)cc1C(F)(F)F.Cl. The lowest BCUT2D eigenvalue weighted by Gasteiger charge is -2.40. The highest BCUT2D eigenvalue weighted by Gasteiger charge is 2.36. The van der Waals surface area contributed by atoms with E-state index >= 15 is 0 Å². The number of carbonyl (C=O) groups is 1. The summed E-state index contributed by atoms with van der Waals surface area (Å²) in [5, 5.41) is 19.9. The minimum atomic E-state index is -4.76. The third kappa shape index (κ3) is 5.70. The van der Waals surface area contributed by atoms with Crippen LogP contribution < -0.4 is 4.90 Å². The largest absolute Gasteiger partial charge is 0.416 e. The molecule has 0 bridgehead atoms. The van der Waals surface area contributed by atoms with Crippen LogP contribution >= 0.6 is 12.4 Å². The van der Waals surface area contributed by atoms with E-state index in [9.17, 15) is 22.4 Å². The zero-order chi connectivity index (χ0) is 27.7. The van der Waals surface area contributed by atoms with Gasteiger partial charge in [-0.25, -0.2) is 4.39 Å². The van der Waals surface area contributed by atoms with E-state index in [1.54, 1.807) is 17.0 Å². The second-order valence-electron chi connectivity index (χ2n) is 9.47. The molecule has 1 saturated heterocycles. The highest BCUT2D eigenvalue weighted by Crippen LogP contribution is 2.34. The molecule has 1 fully saturated rings. The topological polar surface area (TPSA) is 73.1 Å². The Kier molecular flexibility index (Phi) is 8.26. The van der Waals surface area contributed by atoms with E-state index in [-0.39, 0.29) is 30.6 Å². The molecule has 0 N–H and O–H groups in total. The van der Waals surface area contributed by atoms with Crippen LogP contribution in [0.25, 0.3) is 22.0 Å². The van der Waals surface area contributed by atoms with Gasteiger partial charge in [0.2, 0.25) is 5.91 Å². The van der Waals surface area contributed by atoms with Crippen LogP contribution in [0.3, 0.4) is 0 Å². The molecule has 0 spiro atoms. The molecular formula is C29H24ClF4N5O. The number of carbonyl (C=O) groups excluding carboxylic acids is 1. The van der Waals surface area contributed by atoms with E-state index in [0.29, 0.717) is 36.2 Å². The van der Waals surface area contributed by atoms with Crippen molar-refractivity contribution in [3.63, 3.8) is 0 Å².